The Balaban J connectivity index is 0.00000484. The fourth-order valence-corrected chi connectivity index (χ4v) is 2.83. The Morgan fingerprint density at radius 3 is 2.30 bits per heavy atom. The molecule has 0 aromatic heterocycles. The summed E-state index contributed by atoms with van der Waals surface area (Å²) < 4.78 is 36.6. The van der Waals surface area contributed by atoms with Gasteiger partial charge in [-0.15, -0.1) is 12.4 Å². The zero-order chi connectivity index (χ0) is 17.1. The first-order valence-corrected chi connectivity index (χ1v) is 8.97. The van der Waals surface area contributed by atoms with Crippen molar-refractivity contribution in [2.24, 2.45) is 11.7 Å². The van der Waals surface area contributed by atoms with Crippen LogP contribution in [-0.4, -0.2) is 26.6 Å². The van der Waals surface area contributed by atoms with E-state index in [-0.39, 0.29) is 23.2 Å². The van der Waals surface area contributed by atoms with Crippen molar-refractivity contribution in [2.45, 2.75) is 44.2 Å². The van der Waals surface area contributed by atoms with E-state index in [1.54, 1.807) is 6.92 Å². The van der Waals surface area contributed by atoms with Gasteiger partial charge in [0.2, 0.25) is 5.91 Å². The van der Waals surface area contributed by atoms with Gasteiger partial charge in [-0.3, -0.25) is 4.79 Å². The number of hydrogen-bond donors (Lipinski definition) is 2. The Hall–Kier alpha value is -1.18. The van der Waals surface area contributed by atoms with Crippen molar-refractivity contribution < 1.29 is 17.6 Å². The second kappa shape index (κ2) is 8.61. The second-order valence-electron chi connectivity index (χ2n) is 5.93. The van der Waals surface area contributed by atoms with Gasteiger partial charge in [-0.05, 0) is 37.0 Å². The van der Waals surface area contributed by atoms with Crippen LogP contribution >= 0.6 is 12.4 Å². The van der Waals surface area contributed by atoms with E-state index in [0.717, 1.165) is 12.3 Å². The molecule has 0 heterocycles. The van der Waals surface area contributed by atoms with Crippen molar-refractivity contribution >= 4 is 28.2 Å². The standard InChI is InChI=1S/C15H23FN2O3S.ClH/c1-9(2)7-13(17)15(19)18-10(3)11-5-6-14(12(16)8-11)22(4,20)21;/h5-6,8-10,13H,7,17H2,1-4H3,(H,18,19);1H/t10?,13-;/m0./s1. The molecule has 1 amide bonds. The average molecular weight is 367 g/mol. The minimum atomic E-state index is -3.61. The Kier molecular flexibility index (Phi) is 8.17. The third-order valence-corrected chi connectivity index (χ3v) is 4.41. The van der Waals surface area contributed by atoms with E-state index in [2.05, 4.69) is 5.32 Å². The minimum absolute atomic E-state index is 0. The molecule has 0 aliphatic heterocycles. The van der Waals surface area contributed by atoms with Crippen LogP contribution in [0.5, 0.6) is 0 Å². The molecule has 0 saturated carbocycles. The van der Waals surface area contributed by atoms with Crippen LogP contribution in [0.2, 0.25) is 0 Å². The quantitative estimate of drug-likeness (QED) is 0.807. The Morgan fingerprint density at radius 2 is 1.87 bits per heavy atom. The molecule has 0 aliphatic rings. The molecule has 5 nitrogen and oxygen atoms in total. The van der Waals surface area contributed by atoms with Gasteiger partial charge in [0.05, 0.1) is 12.1 Å². The minimum Gasteiger partial charge on any atom is -0.348 e. The third kappa shape index (κ3) is 6.45. The van der Waals surface area contributed by atoms with Gasteiger partial charge in [-0.1, -0.05) is 19.9 Å². The topological polar surface area (TPSA) is 89.3 Å². The number of nitrogens with two attached hydrogens (primary N) is 1. The number of sulfone groups is 1. The lowest BCUT2D eigenvalue weighted by Crippen LogP contribution is -2.42. The average Bonchev–Trinajstić information content (AvgIpc) is 2.35. The van der Waals surface area contributed by atoms with Crippen LogP contribution in [0.15, 0.2) is 23.1 Å². The second-order valence-corrected chi connectivity index (χ2v) is 7.91. The number of hydrogen-bond acceptors (Lipinski definition) is 4. The molecular formula is C15H24ClFN2O3S. The lowest BCUT2D eigenvalue weighted by molar-refractivity contribution is -0.123. The van der Waals surface area contributed by atoms with E-state index in [0.29, 0.717) is 17.9 Å². The van der Waals surface area contributed by atoms with Crippen LogP contribution in [0.3, 0.4) is 0 Å². The van der Waals surface area contributed by atoms with Crippen molar-refractivity contribution in [1.29, 1.82) is 0 Å². The first-order chi connectivity index (χ1) is 10.0. The summed E-state index contributed by atoms with van der Waals surface area (Å²) in [5, 5.41) is 2.71. The number of halogens is 2. The first-order valence-electron chi connectivity index (χ1n) is 7.07. The summed E-state index contributed by atoms with van der Waals surface area (Å²) in [4.78, 5) is 11.6. The summed E-state index contributed by atoms with van der Waals surface area (Å²) in [6, 6.07) is 2.72. The maximum atomic E-state index is 13.9. The Bertz CT molecular complexity index is 650. The third-order valence-electron chi connectivity index (χ3n) is 3.28. The van der Waals surface area contributed by atoms with Crippen LogP contribution in [0.25, 0.3) is 0 Å². The van der Waals surface area contributed by atoms with Gasteiger partial charge in [-0.25, -0.2) is 12.8 Å². The highest BCUT2D eigenvalue weighted by molar-refractivity contribution is 7.90. The van der Waals surface area contributed by atoms with Crippen molar-refractivity contribution in [3.8, 4) is 0 Å². The highest BCUT2D eigenvalue weighted by Gasteiger charge is 2.20. The maximum absolute atomic E-state index is 13.9. The summed E-state index contributed by atoms with van der Waals surface area (Å²) >= 11 is 0. The van der Waals surface area contributed by atoms with Crippen LogP contribution < -0.4 is 11.1 Å². The highest BCUT2D eigenvalue weighted by Crippen LogP contribution is 2.20. The molecule has 132 valence electrons. The normalized spacial score (nSPS) is 14.0. The molecule has 0 saturated heterocycles. The van der Waals surface area contributed by atoms with E-state index in [9.17, 15) is 17.6 Å². The molecule has 0 fully saturated rings. The molecule has 23 heavy (non-hydrogen) atoms. The van der Waals surface area contributed by atoms with Crippen LogP contribution in [-0.2, 0) is 14.6 Å². The Morgan fingerprint density at radius 1 is 1.30 bits per heavy atom. The number of amides is 1. The highest BCUT2D eigenvalue weighted by atomic mass is 35.5. The molecular weight excluding hydrogens is 343 g/mol. The van der Waals surface area contributed by atoms with Crippen LogP contribution in [0.4, 0.5) is 4.39 Å². The van der Waals surface area contributed by atoms with Gasteiger partial charge in [0.15, 0.2) is 9.84 Å². The SMILES string of the molecule is CC(C)C[C@H](N)C(=O)NC(C)c1ccc(S(C)(=O)=O)c(F)c1.Cl. The molecule has 1 aromatic rings. The zero-order valence-electron chi connectivity index (χ0n) is 13.7. The van der Waals surface area contributed by atoms with Gasteiger partial charge in [0.1, 0.15) is 10.7 Å². The molecule has 0 aliphatic carbocycles. The molecule has 1 rings (SSSR count). The zero-order valence-corrected chi connectivity index (χ0v) is 15.3. The fourth-order valence-electron chi connectivity index (χ4n) is 2.11. The molecule has 3 N–H and O–H groups in total. The summed E-state index contributed by atoms with van der Waals surface area (Å²) in [6.45, 7) is 5.63. The van der Waals surface area contributed by atoms with Crippen LogP contribution in [0, 0.1) is 11.7 Å². The van der Waals surface area contributed by atoms with Gasteiger partial charge in [0, 0.05) is 6.26 Å². The van der Waals surface area contributed by atoms with Gasteiger partial charge < -0.3 is 11.1 Å². The van der Waals surface area contributed by atoms with E-state index >= 15 is 0 Å². The predicted octanol–water partition coefficient (Wildman–Crippen LogP) is 2.20. The largest absolute Gasteiger partial charge is 0.348 e. The summed E-state index contributed by atoms with van der Waals surface area (Å²) in [5.41, 5.74) is 6.27. The number of carbonyl (C=O) groups is 1. The Labute approximate surface area is 143 Å². The maximum Gasteiger partial charge on any atom is 0.237 e. The van der Waals surface area contributed by atoms with Crippen molar-refractivity contribution in [3.63, 3.8) is 0 Å². The van der Waals surface area contributed by atoms with E-state index in [1.165, 1.54) is 12.1 Å². The summed E-state index contributed by atoms with van der Waals surface area (Å²) in [7, 11) is -3.61. The lowest BCUT2D eigenvalue weighted by Gasteiger charge is -2.19. The molecule has 1 unspecified atom stereocenters. The van der Waals surface area contributed by atoms with Crippen molar-refractivity contribution in [1.82, 2.24) is 5.32 Å². The summed E-state index contributed by atoms with van der Waals surface area (Å²) in [6.07, 6.45) is 1.50. The van der Waals surface area contributed by atoms with Crippen molar-refractivity contribution in [2.75, 3.05) is 6.26 Å². The summed E-state index contributed by atoms with van der Waals surface area (Å²) in [5.74, 6) is -0.844. The monoisotopic (exact) mass is 366 g/mol. The lowest BCUT2D eigenvalue weighted by atomic mass is 10.0. The number of nitrogens with one attached hydrogen (secondary N) is 1. The molecule has 1 aromatic carbocycles. The molecule has 0 bridgehead atoms. The fraction of sp³-hybridized carbons (Fsp3) is 0.533. The van der Waals surface area contributed by atoms with Gasteiger partial charge in [0.25, 0.3) is 0 Å². The van der Waals surface area contributed by atoms with Gasteiger partial charge >= 0.3 is 0 Å². The van der Waals surface area contributed by atoms with Gasteiger partial charge in [-0.2, -0.15) is 0 Å². The first kappa shape index (κ1) is 21.8. The smallest absolute Gasteiger partial charge is 0.237 e. The predicted molar refractivity (Wildman–Crippen MR) is 90.7 cm³/mol. The number of carbonyl (C=O) groups excluding carboxylic acids is 1. The van der Waals surface area contributed by atoms with E-state index in [1.807, 2.05) is 13.8 Å². The van der Waals surface area contributed by atoms with Crippen LogP contribution in [0.1, 0.15) is 38.8 Å². The number of benzene rings is 1. The number of rotatable bonds is 6. The molecule has 8 heteroatoms. The molecule has 0 radical (unpaired) electrons. The van der Waals surface area contributed by atoms with Crippen molar-refractivity contribution in [3.05, 3.63) is 29.6 Å². The van der Waals surface area contributed by atoms with E-state index in [4.69, 9.17) is 5.73 Å². The molecule has 2 atom stereocenters. The molecule has 0 spiro atoms. The van der Waals surface area contributed by atoms with E-state index < -0.39 is 27.7 Å².